The van der Waals surface area contributed by atoms with Gasteiger partial charge in [-0.2, -0.15) is 0 Å². The minimum atomic E-state index is -0.590. The number of hydrogen-bond donors (Lipinski definition) is 2. The van der Waals surface area contributed by atoms with Crippen molar-refractivity contribution in [3.05, 3.63) is 69.3 Å². The van der Waals surface area contributed by atoms with Crippen molar-refractivity contribution in [1.29, 1.82) is 0 Å². The van der Waals surface area contributed by atoms with E-state index in [1.165, 1.54) is 49.8 Å². The molecule has 8 bridgehead atoms. The van der Waals surface area contributed by atoms with E-state index in [0.29, 0.717) is 89.4 Å². The number of nitrogens with zero attached hydrogens (tertiary/aromatic N) is 2. The third-order valence-corrected chi connectivity index (χ3v) is 11.2. The Morgan fingerprint density at radius 1 is 0.391 bits per heavy atom. The quantitative estimate of drug-likeness (QED) is 0.122. The second-order valence-electron chi connectivity index (χ2n) is 14.8. The molecular weight excluding hydrogens is 833 g/mol. The molecule has 0 amide bonds. The van der Waals surface area contributed by atoms with Gasteiger partial charge in [-0.05, 0) is 101 Å². The molecule has 2 aliphatic heterocycles. The fourth-order valence-electron chi connectivity index (χ4n) is 7.72. The summed E-state index contributed by atoms with van der Waals surface area (Å²) in [7, 11) is 8.89. The summed E-state index contributed by atoms with van der Waals surface area (Å²) in [6, 6.07) is 6.91. The smallest absolute Gasteiger partial charge is 0.310 e. The molecule has 2 aliphatic rings. The van der Waals surface area contributed by atoms with Crippen molar-refractivity contribution in [2.24, 2.45) is 0 Å². The summed E-state index contributed by atoms with van der Waals surface area (Å²) in [4.78, 5) is 107. The topological polar surface area (TPSA) is 241 Å². The molecule has 64 heavy (non-hydrogen) atoms. The Labute approximate surface area is 368 Å². The van der Waals surface area contributed by atoms with E-state index in [9.17, 15) is 33.6 Å². The predicted octanol–water partition coefficient (Wildman–Crippen LogP) is 5.27. The van der Waals surface area contributed by atoms with E-state index in [1.807, 2.05) is 6.92 Å². The average Bonchev–Trinajstić information content (AvgIpc) is 3.98. The number of methoxy groups -OCH3 is 7. The summed E-state index contributed by atoms with van der Waals surface area (Å²) in [5.41, 5.74) is 7.79. The minimum absolute atomic E-state index is 0.0155. The molecule has 0 spiro atoms. The van der Waals surface area contributed by atoms with E-state index >= 15 is 0 Å². The number of ether oxygens (including phenoxy) is 7. The molecule has 3 aromatic heterocycles. The number of aryl methyl sites for hydroxylation is 2. The number of allylic oxidation sites excluding steroid dienone is 3. The van der Waals surface area contributed by atoms with E-state index in [4.69, 9.17) is 43.1 Å². The van der Waals surface area contributed by atoms with Crippen molar-refractivity contribution in [2.75, 3.05) is 49.8 Å². The molecule has 18 heteroatoms. The van der Waals surface area contributed by atoms with Crippen LogP contribution in [-0.4, -0.2) is 111 Å². The van der Waals surface area contributed by atoms with Gasteiger partial charge in [0.25, 0.3) is 0 Å². The first kappa shape index (κ1) is 47.9. The molecule has 0 aromatic carbocycles. The van der Waals surface area contributed by atoms with Gasteiger partial charge in [-0.15, -0.1) is 0 Å². The molecule has 18 nitrogen and oxygen atoms in total. The van der Waals surface area contributed by atoms with Gasteiger partial charge in [0.05, 0.1) is 91.8 Å². The molecule has 340 valence electrons. The number of carbonyl (C=O) groups is 7. The van der Waals surface area contributed by atoms with Crippen molar-refractivity contribution < 1.29 is 66.7 Å². The van der Waals surface area contributed by atoms with Gasteiger partial charge in [0.15, 0.2) is 0 Å². The molecule has 0 radical (unpaired) electrons. The number of hydrogen-bond acceptors (Lipinski definition) is 16. The van der Waals surface area contributed by atoms with Gasteiger partial charge in [0.2, 0.25) is 0 Å². The summed E-state index contributed by atoms with van der Waals surface area (Å²) in [5, 5.41) is 0. The van der Waals surface area contributed by atoms with Crippen molar-refractivity contribution in [2.45, 2.75) is 77.6 Å². The highest BCUT2D eigenvalue weighted by atomic mass is 16.5. The highest BCUT2D eigenvalue weighted by Gasteiger charge is 2.27. The van der Waals surface area contributed by atoms with Crippen LogP contribution in [0.25, 0.3) is 44.4 Å². The Kier molecular flexibility index (Phi) is 16.3. The molecule has 2 N–H and O–H groups in total. The number of esters is 7. The zero-order valence-electron chi connectivity index (χ0n) is 37.2. The van der Waals surface area contributed by atoms with E-state index < -0.39 is 41.8 Å². The zero-order valence-corrected chi connectivity index (χ0v) is 37.2. The van der Waals surface area contributed by atoms with E-state index in [1.54, 1.807) is 24.3 Å². The van der Waals surface area contributed by atoms with Crippen LogP contribution in [0.2, 0.25) is 0 Å². The number of rotatable bonds is 18. The molecule has 0 saturated carbocycles. The van der Waals surface area contributed by atoms with Gasteiger partial charge in [0.1, 0.15) is 0 Å². The molecule has 3 aromatic rings. The molecule has 5 heterocycles. The van der Waals surface area contributed by atoms with Crippen LogP contribution in [0.4, 0.5) is 0 Å². The van der Waals surface area contributed by atoms with Gasteiger partial charge in [-0.1, -0.05) is 0 Å². The summed E-state index contributed by atoms with van der Waals surface area (Å²) >= 11 is 0. The van der Waals surface area contributed by atoms with Crippen molar-refractivity contribution >= 4 is 86.1 Å². The highest BCUT2D eigenvalue weighted by molar-refractivity contribution is 6.01. The van der Waals surface area contributed by atoms with E-state index in [0.717, 1.165) is 0 Å². The lowest BCUT2D eigenvalue weighted by atomic mass is 9.96. The van der Waals surface area contributed by atoms with Gasteiger partial charge < -0.3 is 43.1 Å². The standard InChI is InChI=1S/C46H52N4O14/c1-24-25(9-13-40(51)58-2)33-21-37-30(18-45(56)63-7)27(11-15-42(53)60-4)35(49-37)23-39-31(19-46(57)64-8)28(12-16-43(54)61-5)36(50-39)22-38-29(17-44(55)62-6)26(10-14-41(52)59-3)34(48-38)20-32(24)47-33/h20-23,48,50H,9-19H2,1-8H3. The van der Waals surface area contributed by atoms with Gasteiger partial charge in [-0.25, -0.2) is 9.97 Å². The summed E-state index contributed by atoms with van der Waals surface area (Å²) in [6.07, 6.45) is -0.330. The fraction of sp³-hybridized carbons (Fsp3) is 0.413. The summed E-state index contributed by atoms with van der Waals surface area (Å²) in [5.74, 6) is -3.68. The second-order valence-corrected chi connectivity index (χ2v) is 14.8. The van der Waals surface area contributed by atoms with Crippen LogP contribution < -0.4 is 0 Å². The lowest BCUT2D eigenvalue weighted by Gasteiger charge is -2.08. The Hall–Kier alpha value is -7.11. The van der Waals surface area contributed by atoms with Crippen LogP contribution in [-0.2, 0) is 92.4 Å². The summed E-state index contributed by atoms with van der Waals surface area (Å²) in [6.45, 7) is 1.85. The lowest BCUT2D eigenvalue weighted by Crippen LogP contribution is -2.08. The Morgan fingerprint density at radius 2 is 0.734 bits per heavy atom. The summed E-state index contributed by atoms with van der Waals surface area (Å²) < 4.78 is 35.3. The van der Waals surface area contributed by atoms with E-state index in [2.05, 4.69) is 9.97 Å². The SMILES string of the molecule is COC(=O)CCC1=C(C)c2cc3[nH]c(cc4[nH]c(cc5nc(cc1n2)C(CC(=O)OC)=C5CCC(=O)OC)c(CC(=O)OC)c4CCC(=O)OC)c(CC(=O)OC)c3CCC(=O)OC. The fourth-order valence-corrected chi connectivity index (χ4v) is 7.72. The highest BCUT2D eigenvalue weighted by Crippen LogP contribution is 2.40. The molecule has 0 atom stereocenters. The second kappa shape index (κ2) is 21.8. The molecule has 0 unspecified atom stereocenters. The number of aromatic amines is 2. The van der Waals surface area contributed by atoms with Crippen LogP contribution in [0, 0.1) is 0 Å². The van der Waals surface area contributed by atoms with Crippen LogP contribution in [0.3, 0.4) is 0 Å². The molecular formula is C46H52N4O14. The molecule has 0 saturated heterocycles. The van der Waals surface area contributed by atoms with Gasteiger partial charge in [0, 0.05) is 47.8 Å². The Balaban J connectivity index is 2.05. The van der Waals surface area contributed by atoms with Crippen LogP contribution in [0.15, 0.2) is 24.3 Å². The van der Waals surface area contributed by atoms with Crippen LogP contribution in [0.5, 0.6) is 0 Å². The van der Waals surface area contributed by atoms with Crippen molar-refractivity contribution in [3.8, 4) is 0 Å². The molecule has 0 aliphatic carbocycles. The molecule has 0 fully saturated rings. The maximum Gasteiger partial charge on any atom is 0.310 e. The first-order chi connectivity index (χ1) is 30.7. The van der Waals surface area contributed by atoms with Crippen LogP contribution in [0.1, 0.15) is 96.9 Å². The maximum atomic E-state index is 13.2. The van der Waals surface area contributed by atoms with E-state index in [-0.39, 0.29) is 70.6 Å². The Morgan fingerprint density at radius 3 is 1.22 bits per heavy atom. The minimum Gasteiger partial charge on any atom is -0.469 e. The normalized spacial score (nSPS) is 12.1. The monoisotopic (exact) mass is 884 g/mol. The van der Waals surface area contributed by atoms with Crippen molar-refractivity contribution in [3.63, 3.8) is 0 Å². The van der Waals surface area contributed by atoms with Gasteiger partial charge >= 0.3 is 41.8 Å². The van der Waals surface area contributed by atoms with Gasteiger partial charge in [-0.3, -0.25) is 33.6 Å². The van der Waals surface area contributed by atoms with Crippen molar-refractivity contribution in [1.82, 2.24) is 19.9 Å². The first-order valence-corrected chi connectivity index (χ1v) is 20.4. The maximum absolute atomic E-state index is 13.2. The Bertz CT molecular complexity index is 2600. The largest absolute Gasteiger partial charge is 0.469 e. The number of fused-ring (bicyclic) bond motifs is 8. The number of carbonyl (C=O) groups excluding carboxylic acids is 7. The lowest BCUT2D eigenvalue weighted by molar-refractivity contribution is -0.141. The predicted molar refractivity (Wildman–Crippen MR) is 232 cm³/mol. The zero-order chi connectivity index (χ0) is 46.7. The third kappa shape index (κ3) is 11.3. The van der Waals surface area contributed by atoms with Crippen LogP contribution >= 0.6 is 0 Å². The molecule has 5 rings (SSSR count). The first-order valence-electron chi connectivity index (χ1n) is 20.4. The number of aromatic nitrogens is 4. The number of H-pyrrole nitrogens is 2. The average molecular weight is 885 g/mol. The third-order valence-electron chi connectivity index (χ3n) is 11.2. The number of nitrogens with one attached hydrogen (secondary N) is 2.